The summed E-state index contributed by atoms with van der Waals surface area (Å²) in [5.74, 6) is 1.21. The smallest absolute Gasteiger partial charge is 0.415 e. The molecule has 3 N–H and O–H groups in total. The number of pyridine rings is 1. The summed E-state index contributed by atoms with van der Waals surface area (Å²) in [5.41, 5.74) is 8.47. The lowest BCUT2D eigenvalue weighted by Crippen LogP contribution is -2.51. The van der Waals surface area contributed by atoms with Gasteiger partial charge in [0.05, 0.1) is 18.0 Å². The van der Waals surface area contributed by atoms with Crippen LogP contribution in [0.15, 0.2) is 65.3 Å². The van der Waals surface area contributed by atoms with Gasteiger partial charge in [0.2, 0.25) is 0 Å². The molecule has 0 radical (unpaired) electrons. The Bertz CT molecular complexity index is 1100. The first kappa shape index (κ1) is 29.1. The lowest BCUT2D eigenvalue weighted by atomic mass is 9.97. The van der Waals surface area contributed by atoms with Crippen LogP contribution in [0.2, 0.25) is 0 Å². The Hall–Kier alpha value is -3.43. The molecule has 1 aliphatic rings. The highest BCUT2D eigenvalue weighted by Gasteiger charge is 2.34. The number of nitrogens with zero attached hydrogens (tertiary/aromatic N) is 4. The third-order valence-corrected chi connectivity index (χ3v) is 6.52. The molecular weight excluding hydrogens is 480 g/mol. The van der Waals surface area contributed by atoms with Gasteiger partial charge in [-0.3, -0.25) is 4.90 Å². The SMILES string of the molecule is CCOC(C)(C)C[C@@H](C)N(c1cccc(N2C(=O)OCC2C)n1)C(N)/C(=C\N=CNc1ccccc1)CC. The maximum atomic E-state index is 12.4. The van der Waals surface area contributed by atoms with E-state index in [4.69, 9.17) is 20.2 Å². The summed E-state index contributed by atoms with van der Waals surface area (Å²) in [4.78, 5) is 25.4. The van der Waals surface area contributed by atoms with Gasteiger partial charge in [0.1, 0.15) is 24.4 Å². The van der Waals surface area contributed by atoms with Gasteiger partial charge < -0.3 is 25.4 Å². The first-order valence-corrected chi connectivity index (χ1v) is 13.3. The van der Waals surface area contributed by atoms with Crippen molar-refractivity contribution in [1.29, 1.82) is 0 Å². The predicted molar refractivity (Wildman–Crippen MR) is 155 cm³/mol. The van der Waals surface area contributed by atoms with Crippen molar-refractivity contribution < 1.29 is 14.3 Å². The Morgan fingerprint density at radius 2 is 2.03 bits per heavy atom. The van der Waals surface area contributed by atoms with E-state index in [-0.39, 0.29) is 17.7 Å². The highest BCUT2D eigenvalue weighted by molar-refractivity contribution is 5.89. The quantitative estimate of drug-likeness (QED) is 0.202. The number of carbonyl (C=O) groups excluding carboxylic acids is 1. The van der Waals surface area contributed by atoms with Crippen molar-refractivity contribution in [2.75, 3.05) is 28.3 Å². The standard InChI is InChI=1S/C29H42N6O3/c1-7-23(18-31-20-32-24-13-10-9-11-14-24)27(30)34(21(3)17-29(5,6)38-8-2)25-15-12-16-26(33-25)35-22(4)19-37-28(35)36/h9-16,18,20-22,27H,7-8,17,19,30H2,1-6H3,(H,31,32)/b23-18-/t21-,22?,27?/m1/s1. The molecule has 1 aromatic heterocycles. The van der Waals surface area contributed by atoms with Crippen LogP contribution in [0.4, 0.5) is 22.1 Å². The third-order valence-electron chi connectivity index (χ3n) is 6.52. The average molecular weight is 523 g/mol. The highest BCUT2D eigenvalue weighted by Crippen LogP contribution is 2.30. The van der Waals surface area contributed by atoms with Crippen LogP contribution in [-0.4, -0.2) is 54.5 Å². The maximum Gasteiger partial charge on any atom is 0.415 e. The van der Waals surface area contributed by atoms with E-state index in [9.17, 15) is 4.79 Å². The summed E-state index contributed by atoms with van der Waals surface area (Å²) in [5, 5.41) is 3.17. The van der Waals surface area contributed by atoms with Crippen molar-refractivity contribution in [2.24, 2.45) is 10.7 Å². The molecular formula is C29H42N6O3. The lowest BCUT2D eigenvalue weighted by molar-refractivity contribution is -0.0202. The second-order valence-electron chi connectivity index (χ2n) is 10.1. The number of nitrogens with one attached hydrogen (secondary N) is 1. The molecule has 1 saturated heterocycles. The van der Waals surface area contributed by atoms with Crippen LogP contribution in [0.3, 0.4) is 0 Å². The molecule has 1 aromatic carbocycles. The molecule has 9 nitrogen and oxygen atoms in total. The monoisotopic (exact) mass is 522 g/mol. The van der Waals surface area contributed by atoms with Crippen LogP contribution in [-0.2, 0) is 9.47 Å². The normalized spacial score (nSPS) is 18.0. The summed E-state index contributed by atoms with van der Waals surface area (Å²) in [7, 11) is 0. The molecule has 38 heavy (non-hydrogen) atoms. The van der Waals surface area contributed by atoms with E-state index in [1.165, 1.54) is 0 Å². The van der Waals surface area contributed by atoms with Crippen LogP contribution in [0.1, 0.15) is 54.4 Å². The molecule has 2 unspecified atom stereocenters. The molecule has 3 atom stereocenters. The fraction of sp³-hybridized carbons (Fsp3) is 0.483. The number of nitrogens with two attached hydrogens (primary N) is 1. The number of rotatable bonds is 13. The molecule has 0 bridgehead atoms. The second-order valence-corrected chi connectivity index (χ2v) is 10.1. The summed E-state index contributed by atoms with van der Waals surface area (Å²) < 4.78 is 11.2. The van der Waals surface area contributed by atoms with E-state index in [2.05, 4.69) is 42.9 Å². The molecule has 1 aliphatic heterocycles. The average Bonchev–Trinajstić information content (AvgIpc) is 3.22. The van der Waals surface area contributed by atoms with Gasteiger partial charge in [-0.2, -0.15) is 0 Å². The molecule has 1 amide bonds. The van der Waals surface area contributed by atoms with Gasteiger partial charge in [-0.15, -0.1) is 0 Å². The van der Waals surface area contributed by atoms with E-state index in [0.29, 0.717) is 31.3 Å². The van der Waals surface area contributed by atoms with Gasteiger partial charge in [-0.05, 0) is 77.3 Å². The highest BCUT2D eigenvalue weighted by atomic mass is 16.6. The minimum Gasteiger partial charge on any atom is -0.447 e. The first-order chi connectivity index (χ1) is 18.2. The molecule has 3 rings (SSSR count). The molecule has 1 fully saturated rings. The van der Waals surface area contributed by atoms with E-state index in [0.717, 1.165) is 17.7 Å². The van der Waals surface area contributed by atoms with Gasteiger partial charge in [-0.1, -0.05) is 31.2 Å². The lowest BCUT2D eigenvalue weighted by Gasteiger charge is -2.40. The number of cyclic esters (lactones) is 1. The Labute approximate surface area is 226 Å². The minimum absolute atomic E-state index is 0.0290. The molecule has 0 saturated carbocycles. The molecule has 9 heteroatoms. The minimum atomic E-state index is -0.494. The first-order valence-electron chi connectivity index (χ1n) is 13.3. The van der Waals surface area contributed by atoms with Gasteiger partial charge >= 0.3 is 6.09 Å². The molecule has 2 aromatic rings. The predicted octanol–water partition coefficient (Wildman–Crippen LogP) is 5.55. The van der Waals surface area contributed by atoms with E-state index >= 15 is 0 Å². The number of aromatic nitrogens is 1. The summed E-state index contributed by atoms with van der Waals surface area (Å²) in [6, 6.07) is 15.4. The number of amides is 1. The number of anilines is 3. The van der Waals surface area contributed by atoms with E-state index in [1.807, 2.05) is 62.4 Å². The zero-order chi connectivity index (χ0) is 27.7. The number of carbonyl (C=O) groups is 1. The van der Waals surface area contributed by atoms with Gasteiger partial charge in [0.25, 0.3) is 0 Å². The summed E-state index contributed by atoms with van der Waals surface area (Å²) in [6.07, 6.45) is 4.00. The van der Waals surface area contributed by atoms with Crippen LogP contribution in [0.25, 0.3) is 0 Å². The molecule has 0 spiro atoms. The summed E-state index contributed by atoms with van der Waals surface area (Å²) >= 11 is 0. The Balaban J connectivity index is 1.92. The zero-order valence-electron chi connectivity index (χ0n) is 23.4. The third kappa shape index (κ3) is 7.55. The molecule has 206 valence electrons. The van der Waals surface area contributed by atoms with Crippen molar-refractivity contribution in [1.82, 2.24) is 4.98 Å². The fourth-order valence-electron chi connectivity index (χ4n) is 4.76. The maximum absolute atomic E-state index is 12.4. The largest absolute Gasteiger partial charge is 0.447 e. The number of benzene rings is 1. The number of ether oxygens (including phenoxy) is 2. The Morgan fingerprint density at radius 3 is 2.66 bits per heavy atom. The van der Waals surface area contributed by atoms with Crippen molar-refractivity contribution >= 4 is 29.8 Å². The number of hydrogen-bond acceptors (Lipinski definition) is 7. The Kier molecular flexibility index (Phi) is 10.3. The van der Waals surface area contributed by atoms with Crippen molar-refractivity contribution in [3.8, 4) is 0 Å². The van der Waals surface area contributed by atoms with Gasteiger partial charge in [0, 0.05) is 24.5 Å². The van der Waals surface area contributed by atoms with Crippen LogP contribution in [0.5, 0.6) is 0 Å². The summed E-state index contributed by atoms with van der Waals surface area (Å²) in [6.45, 7) is 13.2. The Morgan fingerprint density at radius 1 is 1.29 bits per heavy atom. The molecule has 2 heterocycles. The van der Waals surface area contributed by atoms with E-state index < -0.39 is 12.3 Å². The number of hydrogen-bond donors (Lipinski definition) is 2. The van der Waals surface area contributed by atoms with Gasteiger partial charge in [-0.25, -0.2) is 14.8 Å². The van der Waals surface area contributed by atoms with Crippen molar-refractivity contribution in [3.63, 3.8) is 0 Å². The van der Waals surface area contributed by atoms with Crippen LogP contribution >= 0.6 is 0 Å². The van der Waals surface area contributed by atoms with Crippen molar-refractivity contribution in [3.05, 3.63) is 60.3 Å². The zero-order valence-corrected chi connectivity index (χ0v) is 23.4. The second kappa shape index (κ2) is 13.4. The van der Waals surface area contributed by atoms with Gasteiger partial charge in [0.15, 0.2) is 0 Å². The number of para-hydroxylation sites is 1. The van der Waals surface area contributed by atoms with E-state index in [1.54, 1.807) is 17.4 Å². The van der Waals surface area contributed by atoms with Crippen molar-refractivity contribution in [2.45, 2.75) is 78.2 Å². The van der Waals surface area contributed by atoms with Crippen LogP contribution < -0.4 is 20.9 Å². The topological polar surface area (TPSA) is 105 Å². The number of aliphatic imine (C=N–C) groups is 1. The molecule has 0 aliphatic carbocycles. The van der Waals surface area contributed by atoms with Crippen LogP contribution in [0, 0.1) is 0 Å². The fourth-order valence-corrected chi connectivity index (χ4v) is 4.76.